The Kier molecular flexibility index (Phi) is 3.68. The largest absolute Gasteiger partial charge is 0.461 e. The Hall–Kier alpha value is -1.55. The van der Waals surface area contributed by atoms with Crippen LogP contribution in [0, 0.1) is 0 Å². The Bertz CT molecular complexity index is 450. The summed E-state index contributed by atoms with van der Waals surface area (Å²) >= 11 is 5.76. The van der Waals surface area contributed by atoms with E-state index in [1.54, 1.807) is 6.92 Å². The summed E-state index contributed by atoms with van der Waals surface area (Å²) < 4.78 is 5.71. The highest BCUT2D eigenvalue weighted by atomic mass is 35.5. The minimum Gasteiger partial charge on any atom is -0.461 e. The summed E-state index contributed by atoms with van der Waals surface area (Å²) in [6.45, 7) is 5.36. The van der Waals surface area contributed by atoms with Crippen LogP contribution >= 0.6 is 11.6 Å². The maximum Gasteiger partial charge on any atom is 0.354 e. The molecule has 80 valence electrons. The van der Waals surface area contributed by atoms with Gasteiger partial charge in [-0.15, -0.1) is 0 Å². The summed E-state index contributed by atoms with van der Waals surface area (Å²) in [5.41, 5.74) is -0.506. The van der Waals surface area contributed by atoms with Gasteiger partial charge in [-0.1, -0.05) is 24.2 Å². The van der Waals surface area contributed by atoms with E-state index in [9.17, 15) is 9.59 Å². The van der Waals surface area contributed by atoms with Gasteiger partial charge in [0.1, 0.15) is 10.9 Å². The fourth-order valence-corrected chi connectivity index (χ4v) is 1.29. The molecule has 0 atom stereocenters. The van der Waals surface area contributed by atoms with E-state index in [0.717, 1.165) is 4.57 Å². The molecule has 0 unspecified atom stereocenters. The van der Waals surface area contributed by atoms with Gasteiger partial charge < -0.3 is 4.74 Å². The molecular weight excluding hydrogens is 218 g/mol. The molecule has 1 heterocycles. The van der Waals surface area contributed by atoms with Gasteiger partial charge in [0, 0.05) is 6.07 Å². The van der Waals surface area contributed by atoms with Crippen LogP contribution < -0.4 is 5.56 Å². The highest BCUT2D eigenvalue weighted by Crippen LogP contribution is 2.10. The van der Waals surface area contributed by atoms with Crippen molar-refractivity contribution in [3.8, 4) is 0 Å². The molecule has 4 nitrogen and oxygen atoms in total. The summed E-state index contributed by atoms with van der Waals surface area (Å²) in [6, 6.07) is 4.28. The molecule has 0 aliphatic carbocycles. The van der Waals surface area contributed by atoms with Crippen LogP contribution in [0.1, 0.15) is 6.92 Å². The monoisotopic (exact) mass is 227 g/mol. The van der Waals surface area contributed by atoms with Crippen molar-refractivity contribution in [2.45, 2.75) is 6.92 Å². The molecule has 15 heavy (non-hydrogen) atoms. The fourth-order valence-electron chi connectivity index (χ4n) is 1.03. The van der Waals surface area contributed by atoms with Crippen molar-refractivity contribution in [1.82, 2.24) is 4.57 Å². The van der Waals surface area contributed by atoms with Crippen molar-refractivity contribution in [3.63, 3.8) is 0 Å². The summed E-state index contributed by atoms with van der Waals surface area (Å²) in [6.07, 6.45) is 0. The molecule has 0 saturated heterocycles. The van der Waals surface area contributed by atoms with Crippen LogP contribution in [-0.2, 0) is 9.53 Å². The van der Waals surface area contributed by atoms with Gasteiger partial charge in [-0.3, -0.25) is 9.36 Å². The van der Waals surface area contributed by atoms with Crippen LogP contribution in [0.4, 0.5) is 0 Å². The highest BCUT2D eigenvalue weighted by Gasteiger charge is 2.13. The minimum atomic E-state index is -0.660. The Balaban J connectivity index is 3.12. The van der Waals surface area contributed by atoms with Crippen LogP contribution in [0.5, 0.6) is 0 Å². The molecule has 0 N–H and O–H groups in total. The van der Waals surface area contributed by atoms with E-state index in [2.05, 4.69) is 6.58 Å². The van der Waals surface area contributed by atoms with Crippen LogP contribution in [-0.4, -0.2) is 17.1 Å². The van der Waals surface area contributed by atoms with Gasteiger partial charge in [0.2, 0.25) is 0 Å². The minimum absolute atomic E-state index is 0.0903. The van der Waals surface area contributed by atoms with E-state index >= 15 is 0 Å². The van der Waals surface area contributed by atoms with Gasteiger partial charge in [0.05, 0.1) is 6.61 Å². The number of aromatic nitrogens is 1. The molecule has 1 aromatic heterocycles. The van der Waals surface area contributed by atoms with Crippen molar-refractivity contribution in [1.29, 1.82) is 0 Å². The van der Waals surface area contributed by atoms with Gasteiger partial charge in [0.15, 0.2) is 0 Å². The average molecular weight is 228 g/mol. The number of hydrogen-bond donors (Lipinski definition) is 0. The zero-order valence-corrected chi connectivity index (χ0v) is 8.95. The number of nitrogens with zero attached hydrogens (tertiary/aromatic N) is 1. The number of pyridine rings is 1. The Morgan fingerprint density at radius 3 is 2.80 bits per heavy atom. The van der Waals surface area contributed by atoms with Gasteiger partial charge in [-0.25, -0.2) is 4.79 Å². The second kappa shape index (κ2) is 4.79. The standard InChI is InChI=1S/C10H10ClNO3/c1-3-15-10(14)7(2)12-8(11)5-4-6-9(12)13/h4-6H,2-3H2,1H3. The maximum absolute atomic E-state index is 11.4. The van der Waals surface area contributed by atoms with Crippen LogP contribution in [0.25, 0.3) is 5.70 Å². The van der Waals surface area contributed by atoms with Crippen LogP contribution in [0.15, 0.2) is 29.6 Å². The summed E-state index contributed by atoms with van der Waals surface area (Å²) in [4.78, 5) is 22.7. The van der Waals surface area contributed by atoms with Crippen LogP contribution in [0.2, 0.25) is 5.15 Å². The maximum atomic E-state index is 11.4. The first-order valence-electron chi connectivity index (χ1n) is 4.32. The van der Waals surface area contributed by atoms with Crippen LogP contribution in [0.3, 0.4) is 0 Å². The molecule has 0 bridgehead atoms. The molecule has 0 fully saturated rings. The molecule has 0 amide bonds. The second-order valence-corrected chi connectivity index (χ2v) is 3.08. The van der Waals surface area contributed by atoms with E-state index in [4.69, 9.17) is 16.3 Å². The molecule has 0 aliphatic heterocycles. The van der Waals surface area contributed by atoms with E-state index in [1.165, 1.54) is 18.2 Å². The Morgan fingerprint density at radius 2 is 2.27 bits per heavy atom. The molecule has 0 saturated carbocycles. The van der Waals surface area contributed by atoms with Gasteiger partial charge >= 0.3 is 5.97 Å². The highest BCUT2D eigenvalue weighted by molar-refractivity contribution is 6.30. The summed E-state index contributed by atoms with van der Waals surface area (Å²) in [5.74, 6) is -0.660. The molecule has 0 spiro atoms. The fraction of sp³-hybridized carbons (Fsp3) is 0.200. The first-order valence-corrected chi connectivity index (χ1v) is 4.69. The molecule has 0 aromatic carbocycles. The normalized spacial score (nSPS) is 9.73. The number of esters is 1. The smallest absolute Gasteiger partial charge is 0.354 e. The van der Waals surface area contributed by atoms with Gasteiger partial charge in [-0.2, -0.15) is 0 Å². The lowest BCUT2D eigenvalue weighted by Gasteiger charge is -2.09. The van der Waals surface area contributed by atoms with Crippen molar-refractivity contribution in [2.75, 3.05) is 6.61 Å². The predicted octanol–water partition coefficient (Wildman–Crippen LogP) is 1.54. The van der Waals surface area contributed by atoms with E-state index in [-0.39, 0.29) is 17.5 Å². The SMILES string of the molecule is C=C(C(=O)OCC)n1c(Cl)cccc1=O. The second-order valence-electron chi connectivity index (χ2n) is 2.69. The lowest BCUT2D eigenvalue weighted by Crippen LogP contribution is -2.23. The van der Waals surface area contributed by atoms with Crippen molar-refractivity contribution in [2.24, 2.45) is 0 Å². The number of halogens is 1. The molecule has 5 heteroatoms. The van der Waals surface area contributed by atoms with Gasteiger partial charge in [-0.05, 0) is 13.0 Å². The van der Waals surface area contributed by atoms with Crippen molar-refractivity contribution >= 4 is 23.3 Å². The van der Waals surface area contributed by atoms with Crippen molar-refractivity contribution < 1.29 is 9.53 Å². The number of ether oxygens (including phenoxy) is 1. The van der Waals surface area contributed by atoms with E-state index < -0.39 is 11.5 Å². The number of carbonyl (C=O) groups excluding carboxylic acids is 1. The lowest BCUT2D eigenvalue weighted by atomic mass is 10.4. The number of rotatable bonds is 3. The average Bonchev–Trinajstić information content (AvgIpc) is 2.17. The molecule has 0 radical (unpaired) electrons. The first-order chi connectivity index (χ1) is 7.07. The predicted molar refractivity (Wildman–Crippen MR) is 57.7 cm³/mol. The Morgan fingerprint density at radius 1 is 1.60 bits per heavy atom. The third-order valence-electron chi connectivity index (χ3n) is 1.69. The summed E-state index contributed by atoms with van der Waals surface area (Å²) in [5, 5.41) is 0.126. The molecule has 1 aromatic rings. The first kappa shape index (κ1) is 11.5. The van der Waals surface area contributed by atoms with Gasteiger partial charge in [0.25, 0.3) is 5.56 Å². The zero-order valence-electron chi connectivity index (χ0n) is 8.20. The number of carbonyl (C=O) groups is 1. The van der Waals surface area contributed by atoms with E-state index in [0.29, 0.717) is 0 Å². The topological polar surface area (TPSA) is 48.3 Å². The third-order valence-corrected chi connectivity index (χ3v) is 1.98. The number of hydrogen-bond acceptors (Lipinski definition) is 3. The zero-order chi connectivity index (χ0) is 11.4. The third kappa shape index (κ3) is 2.47. The summed E-state index contributed by atoms with van der Waals surface area (Å²) in [7, 11) is 0. The molecule has 0 aliphatic rings. The lowest BCUT2D eigenvalue weighted by molar-refractivity contribution is -0.136. The van der Waals surface area contributed by atoms with E-state index in [1.807, 2.05) is 0 Å². The van der Waals surface area contributed by atoms with Crippen molar-refractivity contribution in [3.05, 3.63) is 40.3 Å². The quantitative estimate of drug-likeness (QED) is 0.447. The molecule has 1 rings (SSSR count). The molecular formula is C10H10ClNO3. The Labute approximate surface area is 91.7 Å².